The van der Waals surface area contributed by atoms with E-state index >= 15 is 0 Å². The van der Waals surface area contributed by atoms with Crippen molar-refractivity contribution in [2.24, 2.45) is 0 Å². The molecule has 0 saturated heterocycles. The highest BCUT2D eigenvalue weighted by atomic mass is 15.3. The molecule has 0 bridgehead atoms. The Hall–Kier alpha value is -1.06. The Labute approximate surface area is 91.4 Å². The van der Waals surface area contributed by atoms with Gasteiger partial charge in [0.15, 0.2) is 0 Å². The van der Waals surface area contributed by atoms with Gasteiger partial charge in [-0.15, -0.1) is 0 Å². The van der Waals surface area contributed by atoms with Crippen LogP contribution in [0.3, 0.4) is 0 Å². The number of hydrogen-bond acceptors (Lipinski definition) is 3. The molecule has 0 unspecified atom stereocenters. The lowest BCUT2D eigenvalue weighted by Crippen LogP contribution is -2.30. The average Bonchev–Trinajstić information content (AvgIpc) is 2.60. The van der Waals surface area contributed by atoms with Gasteiger partial charge in [-0.05, 0) is 37.6 Å². The molecule has 1 aromatic carbocycles. The summed E-state index contributed by atoms with van der Waals surface area (Å²) < 4.78 is 0. The second kappa shape index (κ2) is 4.21. The van der Waals surface area contributed by atoms with Gasteiger partial charge in [-0.2, -0.15) is 0 Å². The molecule has 1 aliphatic rings. The standard InChI is InChI=1S/C12H19N3/c1-9(14-13-2)10-4-5-12-11(8-10)6-7-15(12)3/h4-5,8-9,13-14H,6-7H2,1-3H3/t9-/m1/s1. The largest absolute Gasteiger partial charge is 0.374 e. The third kappa shape index (κ3) is 1.98. The Balaban J connectivity index is 2.23. The number of anilines is 1. The molecule has 2 N–H and O–H groups in total. The molecule has 1 aromatic rings. The number of nitrogens with zero attached hydrogens (tertiary/aromatic N) is 1. The van der Waals surface area contributed by atoms with Crippen molar-refractivity contribution in [2.45, 2.75) is 19.4 Å². The first kappa shape index (κ1) is 10.5. The monoisotopic (exact) mass is 205 g/mol. The summed E-state index contributed by atoms with van der Waals surface area (Å²) in [5.41, 5.74) is 10.4. The quantitative estimate of drug-likeness (QED) is 0.732. The van der Waals surface area contributed by atoms with Gasteiger partial charge in [-0.3, -0.25) is 10.9 Å². The van der Waals surface area contributed by atoms with Crippen molar-refractivity contribution in [3.8, 4) is 0 Å². The number of likely N-dealkylation sites (N-methyl/N-ethyl adjacent to an activating group) is 1. The van der Waals surface area contributed by atoms with Crippen LogP contribution in [0.25, 0.3) is 0 Å². The Bertz CT molecular complexity index is 349. The lowest BCUT2D eigenvalue weighted by atomic mass is 10.0. The summed E-state index contributed by atoms with van der Waals surface area (Å²) in [6, 6.07) is 7.10. The number of rotatable bonds is 3. The van der Waals surface area contributed by atoms with Crippen molar-refractivity contribution in [3.63, 3.8) is 0 Å². The van der Waals surface area contributed by atoms with Crippen molar-refractivity contribution in [3.05, 3.63) is 29.3 Å². The minimum Gasteiger partial charge on any atom is -0.374 e. The van der Waals surface area contributed by atoms with Crippen molar-refractivity contribution in [1.82, 2.24) is 10.9 Å². The Morgan fingerprint density at radius 1 is 1.40 bits per heavy atom. The Morgan fingerprint density at radius 2 is 2.20 bits per heavy atom. The molecule has 2 rings (SSSR count). The fraction of sp³-hybridized carbons (Fsp3) is 0.500. The lowest BCUT2D eigenvalue weighted by Gasteiger charge is -2.16. The van der Waals surface area contributed by atoms with E-state index in [4.69, 9.17) is 0 Å². The molecule has 82 valence electrons. The second-order valence-electron chi connectivity index (χ2n) is 4.18. The predicted molar refractivity (Wildman–Crippen MR) is 64.0 cm³/mol. The third-order valence-electron chi connectivity index (χ3n) is 3.09. The van der Waals surface area contributed by atoms with Crippen molar-refractivity contribution in [1.29, 1.82) is 0 Å². The Morgan fingerprint density at radius 3 is 2.93 bits per heavy atom. The van der Waals surface area contributed by atoms with Crippen LogP contribution in [-0.2, 0) is 6.42 Å². The highest BCUT2D eigenvalue weighted by Gasteiger charge is 2.16. The summed E-state index contributed by atoms with van der Waals surface area (Å²) in [4.78, 5) is 2.31. The predicted octanol–water partition coefficient (Wildman–Crippen LogP) is 1.46. The minimum absolute atomic E-state index is 0.353. The normalized spacial score (nSPS) is 16.6. The molecule has 1 atom stereocenters. The second-order valence-corrected chi connectivity index (χ2v) is 4.18. The lowest BCUT2D eigenvalue weighted by molar-refractivity contribution is 0.505. The summed E-state index contributed by atoms with van der Waals surface area (Å²) in [6.45, 7) is 3.31. The molecular formula is C12H19N3. The van der Waals surface area contributed by atoms with Gasteiger partial charge in [0.25, 0.3) is 0 Å². The summed E-state index contributed by atoms with van der Waals surface area (Å²) in [6.07, 6.45) is 1.17. The molecule has 0 radical (unpaired) electrons. The van der Waals surface area contributed by atoms with Gasteiger partial charge in [-0.1, -0.05) is 12.1 Å². The van der Waals surface area contributed by atoms with E-state index in [1.54, 1.807) is 0 Å². The van der Waals surface area contributed by atoms with Crippen molar-refractivity contribution in [2.75, 3.05) is 25.5 Å². The zero-order chi connectivity index (χ0) is 10.8. The van der Waals surface area contributed by atoms with E-state index in [-0.39, 0.29) is 0 Å². The van der Waals surface area contributed by atoms with Crippen LogP contribution in [0, 0.1) is 0 Å². The molecule has 1 heterocycles. The number of benzene rings is 1. The number of nitrogens with one attached hydrogen (secondary N) is 2. The van der Waals surface area contributed by atoms with Crippen LogP contribution in [0.2, 0.25) is 0 Å². The molecule has 0 amide bonds. The van der Waals surface area contributed by atoms with E-state index in [2.05, 4.69) is 47.9 Å². The zero-order valence-electron chi connectivity index (χ0n) is 9.67. The summed E-state index contributed by atoms with van der Waals surface area (Å²) in [7, 11) is 4.05. The van der Waals surface area contributed by atoms with Gasteiger partial charge in [0.1, 0.15) is 0 Å². The van der Waals surface area contributed by atoms with E-state index in [1.165, 1.54) is 23.2 Å². The van der Waals surface area contributed by atoms with Gasteiger partial charge in [-0.25, -0.2) is 0 Å². The molecule has 15 heavy (non-hydrogen) atoms. The van der Waals surface area contributed by atoms with Crippen LogP contribution in [0.5, 0.6) is 0 Å². The van der Waals surface area contributed by atoms with Crippen LogP contribution in [0.4, 0.5) is 5.69 Å². The van der Waals surface area contributed by atoms with E-state index in [0.717, 1.165) is 6.54 Å². The number of fused-ring (bicyclic) bond motifs is 1. The SMILES string of the molecule is CNN[C@H](C)c1ccc2c(c1)CCN2C. The van der Waals surface area contributed by atoms with E-state index in [0.29, 0.717) is 6.04 Å². The van der Waals surface area contributed by atoms with E-state index in [9.17, 15) is 0 Å². The molecule has 0 aliphatic carbocycles. The number of hydrazine groups is 1. The first-order valence-electron chi connectivity index (χ1n) is 5.48. The molecule has 3 nitrogen and oxygen atoms in total. The maximum absolute atomic E-state index is 3.20. The van der Waals surface area contributed by atoms with Gasteiger partial charge in [0.05, 0.1) is 0 Å². The molecule has 0 fully saturated rings. The van der Waals surface area contributed by atoms with Crippen LogP contribution in [-0.4, -0.2) is 20.6 Å². The molecule has 1 aliphatic heterocycles. The minimum atomic E-state index is 0.353. The first-order valence-corrected chi connectivity index (χ1v) is 5.48. The molecule has 0 aromatic heterocycles. The topological polar surface area (TPSA) is 27.3 Å². The van der Waals surface area contributed by atoms with Gasteiger partial charge in [0.2, 0.25) is 0 Å². The summed E-state index contributed by atoms with van der Waals surface area (Å²) in [5, 5.41) is 0. The maximum atomic E-state index is 3.20. The van der Waals surface area contributed by atoms with E-state index < -0.39 is 0 Å². The summed E-state index contributed by atoms with van der Waals surface area (Å²) in [5.74, 6) is 0. The van der Waals surface area contributed by atoms with E-state index in [1.807, 2.05) is 7.05 Å². The average molecular weight is 205 g/mol. The Kier molecular flexibility index (Phi) is 2.93. The molecule has 3 heteroatoms. The van der Waals surface area contributed by atoms with Gasteiger partial charge >= 0.3 is 0 Å². The van der Waals surface area contributed by atoms with Gasteiger partial charge in [0, 0.05) is 25.3 Å². The summed E-state index contributed by atoms with van der Waals surface area (Å²) >= 11 is 0. The van der Waals surface area contributed by atoms with Crippen LogP contribution >= 0.6 is 0 Å². The highest BCUT2D eigenvalue weighted by Crippen LogP contribution is 2.28. The van der Waals surface area contributed by atoms with Crippen LogP contribution < -0.4 is 15.8 Å². The zero-order valence-corrected chi connectivity index (χ0v) is 9.67. The number of hydrogen-bond donors (Lipinski definition) is 2. The van der Waals surface area contributed by atoms with Crippen molar-refractivity contribution >= 4 is 5.69 Å². The van der Waals surface area contributed by atoms with Crippen LogP contribution in [0.1, 0.15) is 24.1 Å². The van der Waals surface area contributed by atoms with Crippen molar-refractivity contribution < 1.29 is 0 Å². The fourth-order valence-electron chi connectivity index (χ4n) is 2.16. The maximum Gasteiger partial charge on any atom is 0.0434 e. The molecule has 0 saturated carbocycles. The smallest absolute Gasteiger partial charge is 0.0434 e. The highest BCUT2D eigenvalue weighted by molar-refractivity contribution is 5.58. The first-order chi connectivity index (χ1) is 7.22. The molecule has 0 spiro atoms. The third-order valence-corrected chi connectivity index (χ3v) is 3.09. The van der Waals surface area contributed by atoms with Gasteiger partial charge < -0.3 is 4.90 Å². The van der Waals surface area contributed by atoms with Crippen LogP contribution in [0.15, 0.2) is 18.2 Å². The molecular weight excluding hydrogens is 186 g/mol. The fourth-order valence-corrected chi connectivity index (χ4v) is 2.16.